The number of halogens is 2. The molecule has 0 bridgehead atoms. The molecule has 4 rings (SSSR count). The molecule has 0 spiro atoms. The van der Waals surface area contributed by atoms with Crippen molar-refractivity contribution in [1.29, 1.82) is 0 Å². The average molecular weight is 703 g/mol. The molecule has 0 aromatic heterocycles. The molecule has 0 atom stereocenters. The third-order valence-corrected chi connectivity index (χ3v) is 8.51. The minimum atomic E-state index is -0.0689. The van der Waals surface area contributed by atoms with Crippen LogP contribution in [0.15, 0.2) is 62.6 Å². The first-order valence-electron chi connectivity index (χ1n) is 13.0. The van der Waals surface area contributed by atoms with Crippen molar-refractivity contribution in [1.82, 2.24) is 4.90 Å². The van der Waals surface area contributed by atoms with E-state index in [0.29, 0.717) is 74.2 Å². The maximum Gasteiger partial charge on any atom is 0.204 e. The summed E-state index contributed by atoms with van der Waals surface area (Å²) in [5.41, 5.74) is 3.82. The standard InChI is InChI=1S/C32H33Br2NO7/c1-37-24-14-20(26(33)31(41-5)29(24)39-3)12-22-17-35(16-19-10-8-7-9-11-19)18-23(28(22)36)13-21-15-25(38-2)30(40-4)32(42-6)27(21)34/h7-15H,16-18H2,1-6H3. The van der Waals surface area contributed by atoms with Crippen LogP contribution in [0.3, 0.4) is 0 Å². The van der Waals surface area contributed by atoms with Gasteiger partial charge in [0.15, 0.2) is 28.8 Å². The molecule has 42 heavy (non-hydrogen) atoms. The van der Waals surface area contributed by atoms with Crippen LogP contribution in [0.2, 0.25) is 0 Å². The summed E-state index contributed by atoms with van der Waals surface area (Å²) >= 11 is 7.29. The quantitative estimate of drug-likeness (QED) is 0.213. The van der Waals surface area contributed by atoms with E-state index in [4.69, 9.17) is 28.4 Å². The van der Waals surface area contributed by atoms with Gasteiger partial charge in [-0.25, -0.2) is 0 Å². The number of carbonyl (C=O) groups excluding carboxylic acids is 1. The Morgan fingerprint density at radius 2 is 1.10 bits per heavy atom. The first-order chi connectivity index (χ1) is 20.3. The minimum absolute atomic E-state index is 0.0689. The lowest BCUT2D eigenvalue weighted by atomic mass is 9.93. The normalized spacial score (nSPS) is 15.6. The topological polar surface area (TPSA) is 75.7 Å². The molecule has 0 amide bonds. The number of ether oxygens (including phenoxy) is 6. The Bertz CT molecular complexity index is 1430. The summed E-state index contributed by atoms with van der Waals surface area (Å²) in [7, 11) is 9.34. The van der Waals surface area contributed by atoms with E-state index in [9.17, 15) is 4.79 Å². The number of carbonyl (C=O) groups is 1. The number of methoxy groups -OCH3 is 6. The Kier molecular flexibility index (Phi) is 10.6. The van der Waals surface area contributed by atoms with Gasteiger partial charge in [0, 0.05) is 30.8 Å². The Hall–Kier alpha value is -3.47. The Morgan fingerprint density at radius 1 is 0.667 bits per heavy atom. The molecule has 0 radical (unpaired) electrons. The molecule has 0 aliphatic carbocycles. The molecule has 1 saturated heterocycles. The van der Waals surface area contributed by atoms with Crippen molar-refractivity contribution in [2.24, 2.45) is 0 Å². The largest absolute Gasteiger partial charge is 0.493 e. The van der Waals surface area contributed by atoms with Gasteiger partial charge in [0.1, 0.15) is 0 Å². The van der Waals surface area contributed by atoms with E-state index in [0.717, 1.165) is 16.7 Å². The smallest absolute Gasteiger partial charge is 0.204 e. The number of benzene rings is 3. The van der Waals surface area contributed by atoms with Crippen LogP contribution >= 0.6 is 31.9 Å². The number of Topliss-reactive ketones (excluding diaryl/α,β-unsaturated/α-hetero) is 1. The lowest BCUT2D eigenvalue weighted by molar-refractivity contribution is -0.113. The van der Waals surface area contributed by atoms with Gasteiger partial charge in [-0.1, -0.05) is 30.3 Å². The highest BCUT2D eigenvalue weighted by molar-refractivity contribution is 9.11. The number of hydrogen-bond donors (Lipinski definition) is 0. The molecule has 8 nitrogen and oxygen atoms in total. The second kappa shape index (κ2) is 14.1. The highest BCUT2D eigenvalue weighted by atomic mass is 79.9. The zero-order valence-corrected chi connectivity index (χ0v) is 27.6. The first kappa shape index (κ1) is 31.5. The molecule has 3 aromatic carbocycles. The van der Waals surface area contributed by atoms with Crippen molar-refractivity contribution in [2.75, 3.05) is 55.7 Å². The van der Waals surface area contributed by atoms with Crippen LogP contribution in [0, 0.1) is 0 Å². The summed E-state index contributed by atoms with van der Waals surface area (Å²) < 4.78 is 34.7. The maximum absolute atomic E-state index is 14.1. The number of ketones is 1. The Labute approximate surface area is 263 Å². The molecule has 10 heteroatoms. The molecule has 0 saturated carbocycles. The van der Waals surface area contributed by atoms with Crippen LogP contribution < -0.4 is 28.4 Å². The van der Waals surface area contributed by atoms with Crippen LogP contribution in [0.4, 0.5) is 0 Å². The van der Waals surface area contributed by atoms with Crippen LogP contribution in [-0.2, 0) is 11.3 Å². The second-order valence-corrected chi connectivity index (χ2v) is 11.0. The van der Waals surface area contributed by atoms with E-state index in [-0.39, 0.29) is 5.78 Å². The predicted molar refractivity (Wildman–Crippen MR) is 170 cm³/mol. The SMILES string of the molecule is COc1cc(C=C2CN(Cc3ccccc3)CC(=Cc3cc(OC)c(OC)c(OC)c3Br)C2=O)c(Br)c(OC)c1OC. The van der Waals surface area contributed by atoms with Gasteiger partial charge in [-0.05, 0) is 72.8 Å². The fraction of sp³-hybridized carbons (Fsp3) is 0.281. The summed E-state index contributed by atoms with van der Waals surface area (Å²) in [6.45, 7) is 1.56. The molecule has 1 aliphatic rings. The van der Waals surface area contributed by atoms with Gasteiger partial charge in [0.05, 0.1) is 51.6 Å². The number of nitrogens with zero attached hydrogens (tertiary/aromatic N) is 1. The van der Waals surface area contributed by atoms with Gasteiger partial charge in [-0.15, -0.1) is 0 Å². The number of likely N-dealkylation sites (tertiary alicyclic amines) is 1. The van der Waals surface area contributed by atoms with E-state index in [2.05, 4.69) is 48.9 Å². The van der Waals surface area contributed by atoms with Crippen LogP contribution in [-0.4, -0.2) is 66.4 Å². The van der Waals surface area contributed by atoms with Crippen molar-refractivity contribution in [2.45, 2.75) is 6.54 Å². The molecular formula is C32H33Br2NO7. The first-order valence-corrected chi connectivity index (χ1v) is 14.6. The number of hydrogen-bond acceptors (Lipinski definition) is 8. The molecule has 0 unspecified atom stereocenters. The van der Waals surface area contributed by atoms with E-state index < -0.39 is 0 Å². The molecule has 222 valence electrons. The van der Waals surface area contributed by atoms with Gasteiger partial charge in [0.2, 0.25) is 11.5 Å². The van der Waals surface area contributed by atoms with Crippen LogP contribution in [0.5, 0.6) is 34.5 Å². The monoisotopic (exact) mass is 701 g/mol. The lowest BCUT2D eigenvalue weighted by Gasteiger charge is -2.30. The van der Waals surface area contributed by atoms with Crippen molar-refractivity contribution in [3.05, 3.63) is 79.2 Å². The van der Waals surface area contributed by atoms with Crippen molar-refractivity contribution < 1.29 is 33.2 Å². The van der Waals surface area contributed by atoms with Crippen LogP contribution in [0.25, 0.3) is 12.2 Å². The number of rotatable bonds is 10. The van der Waals surface area contributed by atoms with E-state index >= 15 is 0 Å². The zero-order valence-electron chi connectivity index (χ0n) is 24.4. The van der Waals surface area contributed by atoms with Gasteiger partial charge in [-0.3, -0.25) is 9.69 Å². The zero-order chi connectivity index (χ0) is 30.4. The summed E-state index contributed by atoms with van der Waals surface area (Å²) in [4.78, 5) is 16.3. The van der Waals surface area contributed by atoms with Crippen molar-refractivity contribution in [3.63, 3.8) is 0 Å². The Morgan fingerprint density at radius 3 is 1.48 bits per heavy atom. The van der Waals surface area contributed by atoms with Gasteiger partial charge < -0.3 is 28.4 Å². The van der Waals surface area contributed by atoms with Gasteiger partial charge in [-0.2, -0.15) is 0 Å². The van der Waals surface area contributed by atoms with Crippen molar-refractivity contribution in [3.8, 4) is 34.5 Å². The van der Waals surface area contributed by atoms with E-state index in [1.54, 1.807) is 42.7 Å². The Balaban J connectivity index is 1.86. The number of piperidine rings is 1. The minimum Gasteiger partial charge on any atom is -0.493 e. The third kappa shape index (κ3) is 6.45. The van der Waals surface area contributed by atoms with Crippen LogP contribution in [0.1, 0.15) is 16.7 Å². The fourth-order valence-electron chi connectivity index (χ4n) is 4.93. The molecular weight excluding hydrogens is 670 g/mol. The van der Waals surface area contributed by atoms with E-state index in [1.165, 1.54) is 0 Å². The predicted octanol–water partition coefficient (Wildman–Crippen LogP) is 6.82. The highest BCUT2D eigenvalue weighted by Gasteiger charge is 2.28. The molecule has 1 fully saturated rings. The molecule has 3 aromatic rings. The van der Waals surface area contributed by atoms with E-state index in [1.807, 2.05) is 42.5 Å². The summed E-state index contributed by atoms with van der Waals surface area (Å²) in [5.74, 6) is 2.79. The van der Waals surface area contributed by atoms with Gasteiger partial charge in [0.25, 0.3) is 0 Å². The highest BCUT2D eigenvalue weighted by Crippen LogP contribution is 2.47. The summed E-state index contributed by atoms with van der Waals surface area (Å²) in [6, 6.07) is 13.8. The fourth-order valence-corrected chi connectivity index (χ4v) is 6.07. The molecule has 0 N–H and O–H groups in total. The lowest BCUT2D eigenvalue weighted by Crippen LogP contribution is -2.37. The summed E-state index contributed by atoms with van der Waals surface area (Å²) in [6.07, 6.45) is 3.73. The van der Waals surface area contributed by atoms with Gasteiger partial charge >= 0.3 is 0 Å². The maximum atomic E-state index is 14.1. The van der Waals surface area contributed by atoms with Crippen molar-refractivity contribution >= 4 is 49.8 Å². The molecule has 1 aliphatic heterocycles. The average Bonchev–Trinajstić information content (AvgIpc) is 3.00. The summed E-state index contributed by atoms with van der Waals surface area (Å²) in [5, 5.41) is 0. The second-order valence-electron chi connectivity index (χ2n) is 9.40. The third-order valence-electron chi connectivity index (χ3n) is 6.87. The molecule has 1 heterocycles.